The molecule has 1 aliphatic carbocycles. The van der Waals surface area contributed by atoms with Crippen LogP contribution in [-0.2, 0) is 0 Å². The topological polar surface area (TPSA) is 46.3 Å². The van der Waals surface area contributed by atoms with Crippen LogP contribution in [0.2, 0.25) is 0 Å². The minimum absolute atomic E-state index is 0.00986. The highest BCUT2D eigenvalue weighted by Crippen LogP contribution is 2.57. The molecule has 20 heavy (non-hydrogen) atoms. The number of benzene rings is 1. The zero-order chi connectivity index (χ0) is 13.7. The molecule has 2 aliphatic rings. The van der Waals surface area contributed by atoms with E-state index in [1.165, 1.54) is 6.42 Å². The highest BCUT2D eigenvalue weighted by molar-refractivity contribution is 5.93. The summed E-state index contributed by atoms with van der Waals surface area (Å²) in [5, 5.41) is 3.93. The van der Waals surface area contributed by atoms with Gasteiger partial charge in [0, 0.05) is 24.7 Å². The predicted molar refractivity (Wildman–Crippen MR) is 74.1 cm³/mol. The minimum atomic E-state index is -0.00986. The van der Waals surface area contributed by atoms with E-state index in [1.54, 1.807) is 6.07 Å². The van der Waals surface area contributed by atoms with Crippen molar-refractivity contribution in [1.29, 1.82) is 0 Å². The van der Waals surface area contributed by atoms with Gasteiger partial charge in [-0.25, -0.2) is 0 Å². The second-order valence-electron chi connectivity index (χ2n) is 6.18. The fourth-order valence-corrected chi connectivity index (χ4v) is 3.18. The Balaban J connectivity index is 1.55. The summed E-state index contributed by atoms with van der Waals surface area (Å²) in [4.78, 5) is 14.3. The van der Waals surface area contributed by atoms with Crippen LogP contribution < -0.4 is 0 Å². The third kappa shape index (κ3) is 1.75. The molecule has 2 heterocycles. The summed E-state index contributed by atoms with van der Waals surface area (Å²) >= 11 is 0. The van der Waals surface area contributed by atoms with Crippen LogP contribution in [0.25, 0.3) is 11.3 Å². The number of piperidine rings is 1. The molecule has 2 unspecified atom stereocenters. The summed E-state index contributed by atoms with van der Waals surface area (Å²) in [6, 6.07) is 11.5. The van der Waals surface area contributed by atoms with Crippen LogP contribution in [0.1, 0.15) is 23.8 Å². The molecule has 1 aromatic carbocycles. The van der Waals surface area contributed by atoms with E-state index in [4.69, 9.17) is 4.52 Å². The van der Waals surface area contributed by atoms with Gasteiger partial charge in [-0.15, -0.1) is 0 Å². The smallest absolute Gasteiger partial charge is 0.276 e. The maximum absolute atomic E-state index is 12.4. The molecule has 1 aliphatic heterocycles. The molecule has 2 aromatic rings. The summed E-state index contributed by atoms with van der Waals surface area (Å²) in [7, 11) is 0. The summed E-state index contributed by atoms with van der Waals surface area (Å²) in [6.07, 6.45) is 1.25. The number of amides is 1. The molecule has 0 N–H and O–H groups in total. The van der Waals surface area contributed by atoms with Crippen LogP contribution in [-0.4, -0.2) is 29.1 Å². The Kier molecular flexibility index (Phi) is 2.31. The number of hydrogen-bond acceptors (Lipinski definition) is 3. The van der Waals surface area contributed by atoms with E-state index in [1.807, 2.05) is 35.2 Å². The standard InChI is InChI=1S/C16H16N2O2/c1-16-8-12(16)9-18(10-16)15(19)13-7-14(20-17-13)11-5-3-2-4-6-11/h2-7,12H,8-10H2,1H3. The van der Waals surface area contributed by atoms with Crippen molar-refractivity contribution in [3.05, 3.63) is 42.1 Å². The van der Waals surface area contributed by atoms with Crippen LogP contribution in [0, 0.1) is 11.3 Å². The maximum atomic E-state index is 12.4. The molecule has 1 saturated carbocycles. The van der Waals surface area contributed by atoms with E-state index in [2.05, 4.69) is 12.1 Å². The van der Waals surface area contributed by atoms with E-state index in [-0.39, 0.29) is 5.91 Å². The molecule has 2 fully saturated rings. The van der Waals surface area contributed by atoms with E-state index >= 15 is 0 Å². The summed E-state index contributed by atoms with van der Waals surface area (Å²) in [5.41, 5.74) is 1.71. The molecule has 0 spiro atoms. The highest BCUT2D eigenvalue weighted by atomic mass is 16.5. The second kappa shape index (κ2) is 3.95. The van der Waals surface area contributed by atoms with Gasteiger partial charge in [-0.3, -0.25) is 4.79 Å². The molecule has 1 amide bonds. The van der Waals surface area contributed by atoms with Crippen LogP contribution in [0.15, 0.2) is 40.9 Å². The number of nitrogens with zero attached hydrogens (tertiary/aromatic N) is 2. The maximum Gasteiger partial charge on any atom is 0.276 e. The van der Waals surface area contributed by atoms with Crippen molar-refractivity contribution < 1.29 is 9.32 Å². The van der Waals surface area contributed by atoms with E-state index in [9.17, 15) is 4.79 Å². The molecular weight excluding hydrogens is 252 g/mol. The number of rotatable bonds is 2. The molecule has 0 radical (unpaired) electrons. The van der Waals surface area contributed by atoms with Crippen molar-refractivity contribution in [2.75, 3.05) is 13.1 Å². The minimum Gasteiger partial charge on any atom is -0.355 e. The third-order valence-corrected chi connectivity index (χ3v) is 4.61. The number of fused-ring (bicyclic) bond motifs is 1. The van der Waals surface area contributed by atoms with Gasteiger partial charge in [-0.2, -0.15) is 0 Å². The number of carbonyl (C=O) groups excluding carboxylic acids is 1. The van der Waals surface area contributed by atoms with Crippen LogP contribution in [0.4, 0.5) is 0 Å². The first-order valence-corrected chi connectivity index (χ1v) is 6.97. The van der Waals surface area contributed by atoms with Crippen molar-refractivity contribution in [2.24, 2.45) is 11.3 Å². The lowest BCUT2D eigenvalue weighted by Gasteiger charge is -2.17. The zero-order valence-electron chi connectivity index (χ0n) is 11.4. The van der Waals surface area contributed by atoms with Crippen molar-refractivity contribution >= 4 is 5.91 Å². The Morgan fingerprint density at radius 1 is 1.40 bits per heavy atom. The molecule has 4 nitrogen and oxygen atoms in total. The van der Waals surface area contributed by atoms with Crippen molar-refractivity contribution in [1.82, 2.24) is 10.1 Å². The first kappa shape index (κ1) is 11.7. The van der Waals surface area contributed by atoms with Gasteiger partial charge in [0.2, 0.25) is 0 Å². The lowest BCUT2D eigenvalue weighted by atomic mass is 10.1. The van der Waals surface area contributed by atoms with Gasteiger partial charge in [-0.1, -0.05) is 42.4 Å². The zero-order valence-corrected chi connectivity index (χ0v) is 11.4. The Morgan fingerprint density at radius 3 is 2.90 bits per heavy atom. The van der Waals surface area contributed by atoms with Crippen LogP contribution in [0.3, 0.4) is 0 Å². The van der Waals surface area contributed by atoms with Crippen molar-refractivity contribution in [3.63, 3.8) is 0 Å². The molecule has 102 valence electrons. The van der Waals surface area contributed by atoms with E-state index in [0.717, 1.165) is 18.7 Å². The lowest BCUT2D eigenvalue weighted by molar-refractivity contribution is 0.0756. The summed E-state index contributed by atoms with van der Waals surface area (Å²) in [5.74, 6) is 1.32. The van der Waals surface area contributed by atoms with Gasteiger partial charge in [0.05, 0.1) is 0 Å². The lowest BCUT2D eigenvalue weighted by Crippen LogP contribution is -2.31. The SMILES string of the molecule is CC12CC1CN(C(=O)c1cc(-c3ccccc3)on1)C2. The second-order valence-corrected chi connectivity index (χ2v) is 6.18. The van der Waals surface area contributed by atoms with Gasteiger partial charge in [0.25, 0.3) is 5.91 Å². The van der Waals surface area contributed by atoms with Gasteiger partial charge < -0.3 is 9.42 Å². The fourth-order valence-electron chi connectivity index (χ4n) is 3.18. The van der Waals surface area contributed by atoms with Gasteiger partial charge in [0.1, 0.15) is 0 Å². The molecule has 1 aromatic heterocycles. The molecule has 4 heteroatoms. The number of aromatic nitrogens is 1. The molecule has 2 atom stereocenters. The van der Waals surface area contributed by atoms with Crippen molar-refractivity contribution in [3.8, 4) is 11.3 Å². The van der Waals surface area contributed by atoms with Gasteiger partial charge in [-0.05, 0) is 17.8 Å². The van der Waals surface area contributed by atoms with Crippen LogP contribution in [0.5, 0.6) is 0 Å². The van der Waals surface area contributed by atoms with Gasteiger partial charge >= 0.3 is 0 Å². The Bertz CT molecular complexity index is 664. The summed E-state index contributed by atoms with van der Waals surface area (Å²) < 4.78 is 5.30. The monoisotopic (exact) mass is 268 g/mol. The third-order valence-electron chi connectivity index (χ3n) is 4.61. The Hall–Kier alpha value is -2.10. The first-order chi connectivity index (χ1) is 9.66. The largest absolute Gasteiger partial charge is 0.355 e. The highest BCUT2D eigenvalue weighted by Gasteiger charge is 2.57. The van der Waals surface area contributed by atoms with E-state index < -0.39 is 0 Å². The molecular formula is C16H16N2O2. The quantitative estimate of drug-likeness (QED) is 0.841. The number of likely N-dealkylation sites (tertiary alicyclic amines) is 1. The predicted octanol–water partition coefficient (Wildman–Crippen LogP) is 2.82. The normalized spacial score (nSPS) is 27.4. The number of hydrogen-bond donors (Lipinski definition) is 0. The molecule has 4 rings (SSSR count). The van der Waals surface area contributed by atoms with Crippen molar-refractivity contribution in [2.45, 2.75) is 13.3 Å². The summed E-state index contributed by atoms with van der Waals surface area (Å²) in [6.45, 7) is 3.97. The molecule has 1 saturated heterocycles. The Labute approximate surface area is 117 Å². The van der Waals surface area contributed by atoms with E-state index in [0.29, 0.717) is 22.8 Å². The first-order valence-electron chi connectivity index (χ1n) is 6.97. The average molecular weight is 268 g/mol. The average Bonchev–Trinajstić information content (AvgIpc) is 2.87. The number of carbonyl (C=O) groups is 1. The van der Waals surface area contributed by atoms with Gasteiger partial charge in [0.15, 0.2) is 11.5 Å². The molecule has 0 bridgehead atoms. The fraction of sp³-hybridized carbons (Fsp3) is 0.375. The Morgan fingerprint density at radius 2 is 2.20 bits per heavy atom. The van der Waals surface area contributed by atoms with Crippen LogP contribution >= 0.6 is 0 Å².